The number of hydrogen-bond acceptors (Lipinski definition) is 13. The van der Waals surface area contributed by atoms with E-state index in [4.69, 9.17) is 24.9 Å². The molecular formula is C127H111Ir3N16. The van der Waals surface area contributed by atoms with Crippen LogP contribution in [0.5, 0.6) is 0 Å². The van der Waals surface area contributed by atoms with Crippen LogP contribution in [0.3, 0.4) is 0 Å². The van der Waals surface area contributed by atoms with Gasteiger partial charge in [0.1, 0.15) is 6.33 Å². The Morgan fingerprint density at radius 3 is 0.993 bits per heavy atom. The van der Waals surface area contributed by atoms with E-state index >= 15 is 0 Å². The van der Waals surface area contributed by atoms with Crippen molar-refractivity contribution in [2.45, 2.75) is 119 Å². The van der Waals surface area contributed by atoms with Crippen molar-refractivity contribution in [2.75, 3.05) is 50.5 Å². The minimum Gasteiger partial charge on any atom is -0.504 e. The van der Waals surface area contributed by atoms with E-state index in [1.807, 2.05) is 128 Å². The molecule has 3 aliphatic heterocycles. The van der Waals surface area contributed by atoms with Crippen molar-refractivity contribution in [3.63, 3.8) is 0 Å². The second-order valence-corrected chi connectivity index (χ2v) is 38.5. The third-order valence-electron chi connectivity index (χ3n) is 27.3. The van der Waals surface area contributed by atoms with Crippen LogP contribution in [0.15, 0.2) is 347 Å². The molecule has 0 radical (unpaired) electrons. The molecule has 0 amide bonds. The fourth-order valence-electron chi connectivity index (χ4n) is 20.5. The van der Waals surface area contributed by atoms with Crippen molar-refractivity contribution >= 4 is 155 Å². The van der Waals surface area contributed by atoms with Crippen molar-refractivity contribution in [2.24, 2.45) is 0 Å². The summed E-state index contributed by atoms with van der Waals surface area (Å²) in [5.41, 5.74) is 35.5. The predicted octanol–water partition coefficient (Wildman–Crippen LogP) is 31.5. The molecule has 14 aromatic carbocycles. The van der Waals surface area contributed by atoms with E-state index in [1.54, 1.807) is 6.33 Å². The first-order valence-electron chi connectivity index (χ1n) is 49.3. The minimum absolute atomic E-state index is 0. The molecule has 0 bridgehead atoms. The number of para-hydroxylation sites is 10. The van der Waals surface area contributed by atoms with E-state index in [0.717, 1.165) is 133 Å². The molecule has 12 heterocycles. The Labute approximate surface area is 895 Å². The van der Waals surface area contributed by atoms with Crippen molar-refractivity contribution in [1.82, 2.24) is 48.1 Å². The second kappa shape index (κ2) is 43.7. The predicted molar refractivity (Wildman–Crippen MR) is 594 cm³/mol. The van der Waals surface area contributed by atoms with Crippen LogP contribution in [-0.2, 0) is 60.3 Å². The maximum Gasteiger partial charge on any atom is 3.00 e. The number of fused-ring (bicyclic) bond motifs is 24. The number of anilines is 9. The fourth-order valence-corrected chi connectivity index (χ4v) is 20.5. The topological polar surface area (TPSA) is 123 Å². The van der Waals surface area contributed by atoms with Crippen LogP contribution in [-0.4, -0.2) is 69.2 Å². The first-order valence-corrected chi connectivity index (χ1v) is 49.3. The summed E-state index contributed by atoms with van der Waals surface area (Å²) in [6.07, 6.45) is 11.6. The molecule has 0 N–H and O–H groups in total. The third kappa shape index (κ3) is 19.1. The molecule has 0 atom stereocenters. The maximum atomic E-state index is 5.12. The summed E-state index contributed by atoms with van der Waals surface area (Å²) in [7, 11) is 6.17. The fraction of sp³-hybridized carbons (Fsp3) is 0.165. The van der Waals surface area contributed by atoms with Crippen LogP contribution in [0.25, 0.3) is 138 Å². The Morgan fingerprint density at radius 2 is 0.596 bits per heavy atom. The van der Waals surface area contributed by atoms with Gasteiger partial charge in [0.15, 0.2) is 0 Å². The normalized spacial score (nSPS) is 12.5. The molecule has 0 saturated carbocycles. The zero-order chi connectivity index (χ0) is 98.4. The molecule has 26 rings (SSSR count). The van der Waals surface area contributed by atoms with Gasteiger partial charge in [0.05, 0.1) is 78.8 Å². The van der Waals surface area contributed by atoms with Gasteiger partial charge in [0.2, 0.25) is 0 Å². The number of pyridine rings is 5. The molecule has 0 spiro atoms. The zero-order valence-corrected chi connectivity index (χ0v) is 91.4. The van der Waals surface area contributed by atoms with Gasteiger partial charge in [-0.25, -0.2) is 9.97 Å². The van der Waals surface area contributed by atoms with Crippen LogP contribution in [0.1, 0.15) is 152 Å². The second-order valence-electron chi connectivity index (χ2n) is 38.5. The molecule has 726 valence electrons. The molecule has 16 nitrogen and oxygen atoms in total. The van der Waals surface area contributed by atoms with Gasteiger partial charge in [0.25, 0.3) is 0 Å². The Balaban J connectivity index is 0.000000118. The summed E-state index contributed by atoms with van der Waals surface area (Å²) in [4.78, 5) is 46.6. The van der Waals surface area contributed by atoms with Gasteiger partial charge in [-0.3, -0.25) is 24.9 Å². The van der Waals surface area contributed by atoms with E-state index < -0.39 is 0 Å². The van der Waals surface area contributed by atoms with Gasteiger partial charge in [-0.15, -0.1) is 89.9 Å². The molecule has 19 heteroatoms. The van der Waals surface area contributed by atoms with Gasteiger partial charge in [-0.1, -0.05) is 249 Å². The molecule has 0 aliphatic carbocycles. The molecule has 3 aliphatic rings. The van der Waals surface area contributed by atoms with Crippen molar-refractivity contribution in [1.29, 1.82) is 0 Å². The first kappa shape index (κ1) is 101. The molecule has 0 unspecified atom stereocenters. The Morgan fingerprint density at radius 1 is 0.267 bits per heavy atom. The smallest absolute Gasteiger partial charge is 0.504 e. The largest absolute Gasteiger partial charge is 3.00 e. The summed E-state index contributed by atoms with van der Waals surface area (Å²) < 4.78 is 6.85. The molecular weight excluding hydrogens is 2330 g/mol. The van der Waals surface area contributed by atoms with Gasteiger partial charge in [-0.05, 0) is 139 Å². The summed E-state index contributed by atoms with van der Waals surface area (Å²) >= 11 is 0. The van der Waals surface area contributed by atoms with Crippen LogP contribution >= 0.6 is 0 Å². The average Bonchev–Trinajstić information content (AvgIpc) is 1.51. The summed E-state index contributed by atoms with van der Waals surface area (Å²) in [5.74, 6) is 2.42. The monoisotopic (exact) mass is 2440 g/mol. The van der Waals surface area contributed by atoms with Gasteiger partial charge in [-0.2, -0.15) is 111 Å². The number of imidazole rings is 3. The molecule has 0 fully saturated rings. The molecule has 9 aromatic heterocycles. The number of nitrogens with zero attached hydrogens (tertiary/aromatic N) is 16. The maximum absolute atomic E-state index is 5.12. The summed E-state index contributed by atoms with van der Waals surface area (Å²) in [5, 5.41) is 9.67. The standard InChI is InChI=1S/2C30H26N3.C25H23N4.3C14H12N2.3Ir/c1-18(2)21-13-9-14-22(19(3)4)28(21)27-17-31-30-24-12-7-6-11-23(24)29-26(33(27)30)16-20-10-5-8-15-25(20)32-29;1-18(2)21-14-9-15-22(19(3)4)27(21)26-17-32-30-25-13-8-7-12-24(25)28-29(33(26)30)23-11-6-5-10-20(23)16-31-28;1-15(2)17-10-7-11-18(16(3)4)23(17)21-13-27-25-20-9-6-5-8-19(20)24-22(29(21)25)12-26-14-28-24;3*1-15-11-16(12-7-3-2-4-8-12)14-10-6-5-9-13(14)15;;;/h5-11,13-19H,1-4H3;5-12,14-19H,1-4H3;5-8,10-16H,1-4H3;3*2-7,9-11H,1H3;;;/q3*-1;3*-2;3*+3. The Hall–Kier alpha value is -14.6. The summed E-state index contributed by atoms with van der Waals surface area (Å²) in [6, 6.07) is 126. The summed E-state index contributed by atoms with van der Waals surface area (Å²) in [6.45, 7) is 33.4. The number of benzene rings is 14. The average molecular weight is 2440 g/mol. The van der Waals surface area contributed by atoms with E-state index in [0.29, 0.717) is 35.5 Å². The van der Waals surface area contributed by atoms with Gasteiger partial charge in [0, 0.05) is 91.8 Å². The first-order chi connectivity index (χ1) is 69.8. The van der Waals surface area contributed by atoms with Gasteiger partial charge >= 0.3 is 60.3 Å². The van der Waals surface area contributed by atoms with Crippen LogP contribution in [0.2, 0.25) is 0 Å². The van der Waals surface area contributed by atoms with E-state index in [-0.39, 0.29) is 60.3 Å². The molecule has 23 aromatic rings. The van der Waals surface area contributed by atoms with Crippen molar-refractivity contribution in [3.8, 4) is 33.8 Å². The molecule has 146 heavy (non-hydrogen) atoms. The zero-order valence-electron chi connectivity index (χ0n) is 84.3. The van der Waals surface area contributed by atoms with Gasteiger partial charge < -0.3 is 42.6 Å². The Kier molecular flexibility index (Phi) is 30.4. The quantitative estimate of drug-likeness (QED) is 0.0656. The van der Waals surface area contributed by atoms with Crippen LogP contribution < -0.4 is 29.4 Å². The SMILES string of the molecule is CC(C)c1cccc(C(C)C)c1-c1cnc2c3[c-]cccc3c3nc4ccccc4cc3n12.CC(C)c1cccc(C(C)C)c1-c1cnc2c3[c-]cccc3c3ncc4ccccc4c3n12.CC(C)c1cccc(C(C)C)c1-c1cnc2c3[c-]cccc3c3ncncc3n12.CN1[CH-]N(c2[c-]cccc2)c2ccccc21.CN1[CH-]N(c2[c-]cccc2)c2ccccc21.CN1[CH-]N(c2[c-]cccc2)c2ccccc21.[Ir+3].[Ir+3].[Ir+3]. The van der Waals surface area contributed by atoms with Crippen LogP contribution in [0, 0.1) is 56.4 Å². The van der Waals surface area contributed by atoms with Crippen LogP contribution in [0.4, 0.5) is 51.2 Å². The van der Waals surface area contributed by atoms with E-state index in [9.17, 15) is 0 Å². The third-order valence-corrected chi connectivity index (χ3v) is 27.3. The number of rotatable bonds is 12. The van der Waals surface area contributed by atoms with E-state index in [2.05, 4.69) is 426 Å². The number of aromatic nitrogens is 10. The Bertz CT molecular complexity index is 8300. The van der Waals surface area contributed by atoms with Crippen molar-refractivity contribution < 1.29 is 60.3 Å². The number of hydrogen-bond donors (Lipinski definition) is 0. The molecule has 0 saturated heterocycles. The minimum atomic E-state index is 0. The van der Waals surface area contributed by atoms with E-state index in [1.165, 1.54) is 89.6 Å². The van der Waals surface area contributed by atoms with Crippen molar-refractivity contribution in [3.05, 3.63) is 436 Å².